The fraction of sp³-hybridized carbons (Fsp3) is 0.273. The van der Waals surface area contributed by atoms with Crippen molar-refractivity contribution < 1.29 is 9.63 Å². The summed E-state index contributed by atoms with van der Waals surface area (Å²) in [6, 6.07) is 7.53. The number of oxime groups is 1. The SMILES string of the molecule is CC1C(Br)=NOC12C(=O)Nc1ccccc12. The van der Waals surface area contributed by atoms with Gasteiger partial charge in [-0.1, -0.05) is 30.3 Å². The highest BCUT2D eigenvalue weighted by molar-refractivity contribution is 9.18. The summed E-state index contributed by atoms with van der Waals surface area (Å²) in [6.07, 6.45) is 0. The molecule has 3 rings (SSSR count). The highest BCUT2D eigenvalue weighted by Crippen LogP contribution is 2.48. The Balaban J connectivity index is 2.20. The number of amides is 1. The third-order valence-electron chi connectivity index (χ3n) is 3.16. The Kier molecular flexibility index (Phi) is 1.89. The average Bonchev–Trinajstić information content (AvgIpc) is 2.74. The van der Waals surface area contributed by atoms with Gasteiger partial charge < -0.3 is 10.2 Å². The van der Waals surface area contributed by atoms with E-state index < -0.39 is 5.60 Å². The third kappa shape index (κ3) is 0.988. The molecule has 0 fully saturated rings. The fourth-order valence-corrected chi connectivity index (χ4v) is 2.61. The Hall–Kier alpha value is -1.36. The standard InChI is InChI=1S/C11H9BrN2O2/c1-6-9(12)14-16-11(6)7-4-2-3-5-8(7)13-10(11)15/h2-6H,1H3,(H,13,15). The first kappa shape index (κ1) is 9.84. The van der Waals surface area contributed by atoms with Crippen molar-refractivity contribution in [1.29, 1.82) is 0 Å². The fourth-order valence-electron chi connectivity index (χ4n) is 2.22. The molecule has 2 aliphatic heterocycles. The lowest BCUT2D eigenvalue weighted by Gasteiger charge is -2.23. The van der Waals surface area contributed by atoms with Crippen LogP contribution in [-0.2, 0) is 15.2 Å². The second-order valence-corrected chi connectivity index (χ2v) is 4.77. The largest absolute Gasteiger partial charge is 0.373 e. The Morgan fingerprint density at radius 1 is 1.50 bits per heavy atom. The van der Waals surface area contributed by atoms with Crippen LogP contribution in [0.15, 0.2) is 29.4 Å². The first-order chi connectivity index (χ1) is 7.66. The molecule has 4 nitrogen and oxygen atoms in total. The second-order valence-electron chi connectivity index (χ2n) is 3.96. The van der Waals surface area contributed by atoms with E-state index in [1.54, 1.807) is 0 Å². The van der Waals surface area contributed by atoms with Gasteiger partial charge in [0.05, 0.1) is 5.92 Å². The summed E-state index contributed by atoms with van der Waals surface area (Å²) < 4.78 is 0.666. The number of nitrogens with zero attached hydrogens (tertiary/aromatic N) is 1. The molecule has 1 aromatic rings. The van der Waals surface area contributed by atoms with Crippen molar-refractivity contribution in [2.75, 3.05) is 5.32 Å². The minimum atomic E-state index is -0.991. The summed E-state index contributed by atoms with van der Waals surface area (Å²) in [5.41, 5.74) is 0.664. The lowest BCUT2D eigenvalue weighted by atomic mass is 9.84. The van der Waals surface area contributed by atoms with E-state index in [1.165, 1.54) is 0 Å². The van der Waals surface area contributed by atoms with Crippen molar-refractivity contribution in [2.24, 2.45) is 11.1 Å². The van der Waals surface area contributed by atoms with Gasteiger partial charge in [0.25, 0.3) is 11.5 Å². The lowest BCUT2D eigenvalue weighted by Crippen LogP contribution is -2.40. The van der Waals surface area contributed by atoms with E-state index in [4.69, 9.17) is 4.84 Å². The van der Waals surface area contributed by atoms with Crippen LogP contribution in [0.25, 0.3) is 0 Å². The first-order valence-electron chi connectivity index (χ1n) is 4.99. The van der Waals surface area contributed by atoms with Crippen LogP contribution in [0.2, 0.25) is 0 Å². The van der Waals surface area contributed by atoms with Crippen molar-refractivity contribution in [2.45, 2.75) is 12.5 Å². The number of fused-ring (bicyclic) bond motifs is 2. The third-order valence-corrected chi connectivity index (χ3v) is 3.99. The Morgan fingerprint density at radius 2 is 2.25 bits per heavy atom. The molecular weight excluding hydrogens is 272 g/mol. The molecule has 1 amide bonds. The van der Waals surface area contributed by atoms with Crippen LogP contribution < -0.4 is 5.32 Å². The van der Waals surface area contributed by atoms with Crippen molar-refractivity contribution >= 4 is 32.1 Å². The van der Waals surface area contributed by atoms with Gasteiger partial charge in [-0.25, -0.2) is 0 Å². The molecule has 0 aromatic heterocycles. The number of anilines is 1. The van der Waals surface area contributed by atoms with Crippen LogP contribution in [0.5, 0.6) is 0 Å². The Labute approximate surface area is 101 Å². The van der Waals surface area contributed by atoms with E-state index >= 15 is 0 Å². The van der Waals surface area contributed by atoms with Crippen LogP contribution in [-0.4, -0.2) is 10.5 Å². The molecule has 5 heteroatoms. The van der Waals surface area contributed by atoms with Crippen molar-refractivity contribution in [1.82, 2.24) is 0 Å². The predicted octanol–water partition coefficient (Wildman–Crippen LogP) is 2.21. The summed E-state index contributed by atoms with van der Waals surface area (Å²) in [7, 11) is 0. The number of para-hydroxylation sites is 1. The lowest BCUT2D eigenvalue weighted by molar-refractivity contribution is -0.141. The van der Waals surface area contributed by atoms with Gasteiger partial charge in [-0.05, 0) is 22.0 Å². The molecule has 0 aliphatic carbocycles. The maximum absolute atomic E-state index is 12.1. The monoisotopic (exact) mass is 280 g/mol. The van der Waals surface area contributed by atoms with Gasteiger partial charge in [0.15, 0.2) is 0 Å². The quantitative estimate of drug-likeness (QED) is 0.792. The first-order valence-corrected chi connectivity index (χ1v) is 5.78. The molecule has 0 radical (unpaired) electrons. The Bertz CT molecular complexity index is 514. The number of carbonyl (C=O) groups excluding carboxylic acids is 1. The van der Waals surface area contributed by atoms with Crippen molar-refractivity contribution in [3.05, 3.63) is 29.8 Å². The molecule has 1 N–H and O–H groups in total. The van der Waals surface area contributed by atoms with Crippen LogP contribution in [0.4, 0.5) is 5.69 Å². The molecule has 2 aliphatic rings. The maximum Gasteiger partial charge on any atom is 0.277 e. The van der Waals surface area contributed by atoms with E-state index in [9.17, 15) is 4.79 Å². The van der Waals surface area contributed by atoms with Crippen molar-refractivity contribution in [3.8, 4) is 0 Å². The smallest absolute Gasteiger partial charge is 0.277 e. The number of rotatable bonds is 0. The molecular formula is C11H9BrN2O2. The molecule has 82 valence electrons. The normalized spacial score (nSPS) is 31.0. The van der Waals surface area contributed by atoms with E-state index in [-0.39, 0.29) is 11.8 Å². The van der Waals surface area contributed by atoms with Gasteiger partial charge in [-0.15, -0.1) is 0 Å². The second kappa shape index (κ2) is 3.07. The zero-order valence-electron chi connectivity index (χ0n) is 8.53. The van der Waals surface area contributed by atoms with Gasteiger partial charge >= 0.3 is 0 Å². The van der Waals surface area contributed by atoms with Crippen LogP contribution >= 0.6 is 15.9 Å². The van der Waals surface area contributed by atoms with E-state index in [0.717, 1.165) is 11.3 Å². The topological polar surface area (TPSA) is 50.7 Å². The van der Waals surface area contributed by atoms with E-state index in [1.807, 2.05) is 31.2 Å². The molecule has 0 bridgehead atoms. The molecule has 0 saturated carbocycles. The molecule has 1 spiro atoms. The minimum absolute atomic E-state index is 0.115. The van der Waals surface area contributed by atoms with Crippen LogP contribution in [0.1, 0.15) is 12.5 Å². The molecule has 2 unspecified atom stereocenters. The number of carbonyl (C=O) groups is 1. The van der Waals surface area contributed by atoms with Gasteiger partial charge in [-0.2, -0.15) is 0 Å². The number of hydrogen-bond donors (Lipinski definition) is 1. The summed E-state index contributed by atoms with van der Waals surface area (Å²) in [6.45, 7) is 1.92. The number of nitrogens with one attached hydrogen (secondary N) is 1. The number of benzene rings is 1. The number of hydrogen-bond acceptors (Lipinski definition) is 3. The summed E-state index contributed by atoms with van der Waals surface area (Å²) in [4.78, 5) is 17.5. The predicted molar refractivity (Wildman–Crippen MR) is 63.4 cm³/mol. The minimum Gasteiger partial charge on any atom is -0.373 e. The maximum atomic E-state index is 12.1. The number of halogens is 1. The van der Waals surface area contributed by atoms with Gasteiger partial charge in [0.1, 0.15) is 4.62 Å². The average molecular weight is 281 g/mol. The highest BCUT2D eigenvalue weighted by atomic mass is 79.9. The molecule has 2 heterocycles. The summed E-state index contributed by atoms with van der Waals surface area (Å²) >= 11 is 3.31. The zero-order valence-corrected chi connectivity index (χ0v) is 10.1. The van der Waals surface area contributed by atoms with Gasteiger partial charge in [0, 0.05) is 11.3 Å². The van der Waals surface area contributed by atoms with Crippen LogP contribution in [0.3, 0.4) is 0 Å². The van der Waals surface area contributed by atoms with E-state index in [2.05, 4.69) is 26.4 Å². The van der Waals surface area contributed by atoms with E-state index in [0.29, 0.717) is 4.62 Å². The van der Waals surface area contributed by atoms with Gasteiger partial charge in [-0.3, -0.25) is 4.79 Å². The molecule has 1 aromatic carbocycles. The molecule has 16 heavy (non-hydrogen) atoms. The highest BCUT2D eigenvalue weighted by Gasteiger charge is 2.58. The summed E-state index contributed by atoms with van der Waals surface area (Å²) in [5.74, 6) is -0.268. The summed E-state index contributed by atoms with van der Waals surface area (Å²) in [5, 5.41) is 6.70. The van der Waals surface area contributed by atoms with Gasteiger partial charge in [0.2, 0.25) is 0 Å². The molecule has 2 atom stereocenters. The van der Waals surface area contributed by atoms with Crippen molar-refractivity contribution in [3.63, 3.8) is 0 Å². The Morgan fingerprint density at radius 3 is 2.94 bits per heavy atom. The zero-order chi connectivity index (χ0) is 11.3. The molecule has 0 saturated heterocycles. The van der Waals surface area contributed by atoms with Crippen LogP contribution in [0, 0.1) is 5.92 Å².